The van der Waals surface area contributed by atoms with Gasteiger partial charge in [-0.1, -0.05) is 32.9 Å². The van der Waals surface area contributed by atoms with Gasteiger partial charge in [0.05, 0.1) is 11.3 Å². The van der Waals surface area contributed by atoms with Crippen LogP contribution in [0.2, 0.25) is 0 Å². The van der Waals surface area contributed by atoms with Crippen LogP contribution in [0.25, 0.3) is 0 Å². The molecule has 0 aliphatic carbocycles. The van der Waals surface area contributed by atoms with Crippen LogP contribution in [0.15, 0.2) is 36.8 Å². The summed E-state index contributed by atoms with van der Waals surface area (Å²) in [5.74, 6) is -0.188. The molecule has 1 aromatic heterocycles. The first-order valence-electron chi connectivity index (χ1n) is 6.56. The molecular weight excluding hydrogens is 250 g/mol. The summed E-state index contributed by atoms with van der Waals surface area (Å²) < 4.78 is 0. The zero-order valence-corrected chi connectivity index (χ0v) is 12.3. The number of anilines is 1. The second-order valence-electron chi connectivity index (χ2n) is 5.80. The predicted molar refractivity (Wildman–Crippen MR) is 79.9 cm³/mol. The Kier molecular flexibility index (Phi) is 3.84. The lowest BCUT2D eigenvalue weighted by atomic mass is 9.87. The molecule has 20 heavy (non-hydrogen) atoms. The van der Waals surface area contributed by atoms with Crippen molar-refractivity contribution in [2.75, 3.05) is 5.32 Å². The minimum atomic E-state index is -0.188. The number of benzene rings is 1. The Morgan fingerprint density at radius 1 is 1.15 bits per heavy atom. The molecule has 1 aromatic carbocycles. The quantitative estimate of drug-likeness (QED) is 0.909. The largest absolute Gasteiger partial charge is 0.322 e. The van der Waals surface area contributed by atoms with E-state index < -0.39 is 0 Å². The second kappa shape index (κ2) is 5.41. The summed E-state index contributed by atoms with van der Waals surface area (Å²) in [6.45, 7) is 8.26. The molecule has 1 amide bonds. The van der Waals surface area contributed by atoms with Gasteiger partial charge in [-0.05, 0) is 30.0 Å². The first-order valence-corrected chi connectivity index (χ1v) is 6.56. The first-order chi connectivity index (χ1) is 9.38. The van der Waals surface area contributed by atoms with Crippen LogP contribution in [-0.2, 0) is 5.41 Å². The van der Waals surface area contributed by atoms with Crippen LogP contribution in [0.1, 0.15) is 42.4 Å². The number of hydrogen-bond acceptors (Lipinski definition) is 3. The van der Waals surface area contributed by atoms with E-state index in [0.717, 1.165) is 5.69 Å². The molecule has 2 aromatic rings. The van der Waals surface area contributed by atoms with Crippen molar-refractivity contribution in [3.8, 4) is 0 Å². The summed E-state index contributed by atoms with van der Waals surface area (Å²) >= 11 is 0. The molecule has 104 valence electrons. The summed E-state index contributed by atoms with van der Waals surface area (Å²) in [5, 5.41) is 2.86. The lowest BCUT2D eigenvalue weighted by molar-refractivity contribution is 0.102. The van der Waals surface area contributed by atoms with E-state index in [9.17, 15) is 4.79 Å². The number of nitrogens with zero attached hydrogens (tertiary/aromatic N) is 2. The summed E-state index contributed by atoms with van der Waals surface area (Å²) in [4.78, 5) is 20.0. The molecule has 0 saturated heterocycles. The molecule has 0 saturated carbocycles. The molecule has 0 fully saturated rings. The average Bonchev–Trinajstić information content (AvgIpc) is 2.38. The fourth-order valence-corrected chi connectivity index (χ4v) is 1.87. The van der Waals surface area contributed by atoms with Crippen molar-refractivity contribution in [2.24, 2.45) is 0 Å². The SMILES string of the molecule is Cc1ncncc1C(=O)Nc1ccc(C(C)(C)C)cc1. The number of aryl methyl sites for hydroxylation is 1. The maximum absolute atomic E-state index is 12.1. The fraction of sp³-hybridized carbons (Fsp3) is 0.312. The maximum Gasteiger partial charge on any atom is 0.259 e. The highest BCUT2D eigenvalue weighted by Gasteiger charge is 2.14. The van der Waals surface area contributed by atoms with Crippen molar-refractivity contribution in [3.05, 3.63) is 53.6 Å². The van der Waals surface area contributed by atoms with E-state index in [1.54, 1.807) is 6.92 Å². The molecule has 0 unspecified atom stereocenters. The van der Waals surface area contributed by atoms with Crippen LogP contribution < -0.4 is 5.32 Å². The molecule has 0 aliphatic heterocycles. The summed E-state index contributed by atoms with van der Waals surface area (Å²) in [6.07, 6.45) is 2.96. The minimum absolute atomic E-state index is 0.104. The van der Waals surface area contributed by atoms with Crippen molar-refractivity contribution < 1.29 is 4.79 Å². The van der Waals surface area contributed by atoms with Crippen molar-refractivity contribution in [1.82, 2.24) is 9.97 Å². The molecule has 1 heterocycles. The zero-order valence-electron chi connectivity index (χ0n) is 12.3. The zero-order chi connectivity index (χ0) is 14.8. The number of aromatic nitrogens is 2. The Hall–Kier alpha value is -2.23. The van der Waals surface area contributed by atoms with E-state index in [-0.39, 0.29) is 11.3 Å². The molecule has 0 aliphatic rings. The summed E-state index contributed by atoms with van der Waals surface area (Å²) in [5.41, 5.74) is 3.27. The summed E-state index contributed by atoms with van der Waals surface area (Å²) in [7, 11) is 0. The number of hydrogen-bond donors (Lipinski definition) is 1. The van der Waals surface area contributed by atoms with Gasteiger partial charge in [0.2, 0.25) is 0 Å². The van der Waals surface area contributed by atoms with Crippen molar-refractivity contribution in [2.45, 2.75) is 33.1 Å². The third-order valence-corrected chi connectivity index (χ3v) is 3.16. The molecule has 4 nitrogen and oxygen atoms in total. The third kappa shape index (κ3) is 3.20. The highest BCUT2D eigenvalue weighted by Crippen LogP contribution is 2.23. The van der Waals surface area contributed by atoms with Gasteiger partial charge in [0.25, 0.3) is 5.91 Å². The van der Waals surface area contributed by atoms with Crippen LogP contribution in [0, 0.1) is 6.92 Å². The van der Waals surface area contributed by atoms with Gasteiger partial charge in [0.1, 0.15) is 6.33 Å². The summed E-state index contributed by atoms with van der Waals surface area (Å²) in [6, 6.07) is 7.89. The Bertz CT molecular complexity index is 612. The van der Waals surface area contributed by atoms with Gasteiger partial charge in [-0.3, -0.25) is 4.79 Å². The van der Waals surface area contributed by atoms with E-state index in [1.165, 1.54) is 18.1 Å². The van der Waals surface area contributed by atoms with Gasteiger partial charge in [-0.2, -0.15) is 0 Å². The van der Waals surface area contributed by atoms with Crippen molar-refractivity contribution in [1.29, 1.82) is 0 Å². The first kappa shape index (κ1) is 14.2. The third-order valence-electron chi connectivity index (χ3n) is 3.16. The van der Waals surface area contributed by atoms with Crippen LogP contribution in [0.4, 0.5) is 5.69 Å². The van der Waals surface area contributed by atoms with Crippen LogP contribution >= 0.6 is 0 Å². The molecule has 4 heteroatoms. The second-order valence-corrected chi connectivity index (χ2v) is 5.80. The van der Waals surface area contributed by atoms with E-state index in [4.69, 9.17) is 0 Å². The predicted octanol–water partition coefficient (Wildman–Crippen LogP) is 3.33. The van der Waals surface area contributed by atoms with Gasteiger partial charge < -0.3 is 5.32 Å². The monoisotopic (exact) mass is 269 g/mol. The lowest BCUT2D eigenvalue weighted by Crippen LogP contribution is -2.15. The maximum atomic E-state index is 12.1. The number of rotatable bonds is 2. The molecule has 0 radical (unpaired) electrons. The van der Waals surface area contributed by atoms with Gasteiger partial charge in [0.15, 0.2) is 0 Å². The molecule has 2 rings (SSSR count). The fourth-order valence-electron chi connectivity index (χ4n) is 1.87. The van der Waals surface area contributed by atoms with Crippen molar-refractivity contribution >= 4 is 11.6 Å². The Labute approximate surface area is 119 Å². The standard InChI is InChI=1S/C16H19N3O/c1-11-14(9-17-10-18-11)15(20)19-13-7-5-12(6-8-13)16(2,3)4/h5-10H,1-4H3,(H,19,20). The van der Waals surface area contributed by atoms with Crippen LogP contribution in [0.5, 0.6) is 0 Å². The number of carbonyl (C=O) groups excluding carboxylic acids is 1. The van der Waals surface area contributed by atoms with Gasteiger partial charge in [-0.15, -0.1) is 0 Å². The molecule has 0 bridgehead atoms. The Morgan fingerprint density at radius 3 is 2.35 bits per heavy atom. The average molecular weight is 269 g/mol. The van der Waals surface area contributed by atoms with Crippen molar-refractivity contribution in [3.63, 3.8) is 0 Å². The molecule has 0 atom stereocenters. The normalized spacial score (nSPS) is 11.2. The van der Waals surface area contributed by atoms with Crippen LogP contribution in [-0.4, -0.2) is 15.9 Å². The molecule has 1 N–H and O–H groups in total. The Balaban J connectivity index is 2.15. The molecular formula is C16H19N3O. The highest BCUT2D eigenvalue weighted by atomic mass is 16.1. The van der Waals surface area contributed by atoms with E-state index in [0.29, 0.717) is 11.3 Å². The van der Waals surface area contributed by atoms with Crippen LogP contribution in [0.3, 0.4) is 0 Å². The van der Waals surface area contributed by atoms with Gasteiger partial charge >= 0.3 is 0 Å². The van der Waals surface area contributed by atoms with E-state index in [1.807, 2.05) is 24.3 Å². The Morgan fingerprint density at radius 2 is 1.80 bits per heavy atom. The molecule has 0 spiro atoms. The van der Waals surface area contributed by atoms with Gasteiger partial charge in [-0.25, -0.2) is 9.97 Å². The lowest BCUT2D eigenvalue weighted by Gasteiger charge is -2.19. The number of nitrogens with one attached hydrogen (secondary N) is 1. The number of carbonyl (C=O) groups is 1. The van der Waals surface area contributed by atoms with E-state index >= 15 is 0 Å². The van der Waals surface area contributed by atoms with E-state index in [2.05, 4.69) is 36.1 Å². The smallest absolute Gasteiger partial charge is 0.259 e. The van der Waals surface area contributed by atoms with Gasteiger partial charge in [0, 0.05) is 11.9 Å². The minimum Gasteiger partial charge on any atom is -0.322 e. The number of amides is 1. The topological polar surface area (TPSA) is 54.9 Å². The highest BCUT2D eigenvalue weighted by molar-refractivity contribution is 6.04.